The molecule has 0 saturated carbocycles. The zero-order chi connectivity index (χ0) is 13.0. The van der Waals surface area contributed by atoms with Crippen LogP contribution in [0.1, 0.15) is 38.1 Å². The summed E-state index contributed by atoms with van der Waals surface area (Å²) in [6.07, 6.45) is 2.25. The van der Waals surface area contributed by atoms with Crippen LogP contribution in [0.3, 0.4) is 0 Å². The highest BCUT2D eigenvalue weighted by Gasteiger charge is 2.13. The lowest BCUT2D eigenvalue weighted by Gasteiger charge is -2.25. The fraction of sp³-hybridized carbons (Fsp3) is 0.583. The molecule has 1 aromatic heterocycles. The molecule has 17 heavy (non-hydrogen) atoms. The topological polar surface area (TPSA) is 55.0 Å². The third-order valence-corrected chi connectivity index (χ3v) is 2.99. The lowest BCUT2D eigenvalue weighted by Crippen LogP contribution is -2.31. The summed E-state index contributed by atoms with van der Waals surface area (Å²) in [5.41, 5.74) is 7.13. The van der Waals surface area contributed by atoms with Crippen LogP contribution in [0.2, 0.25) is 0 Å². The molecule has 0 aliphatic carbocycles. The first-order chi connectivity index (χ1) is 7.95. The Morgan fingerprint density at radius 3 is 2.71 bits per heavy atom. The third-order valence-electron chi connectivity index (χ3n) is 2.78. The van der Waals surface area contributed by atoms with Gasteiger partial charge in [-0.05, 0) is 26.3 Å². The minimum absolute atomic E-state index is 0.313. The summed E-state index contributed by atoms with van der Waals surface area (Å²) < 4.78 is 0. The first-order valence-corrected chi connectivity index (χ1v) is 6.24. The Hall–Kier alpha value is -1.23. The van der Waals surface area contributed by atoms with Gasteiger partial charge in [0.25, 0.3) is 0 Å². The Kier molecular flexibility index (Phi) is 4.81. The number of thiocarbonyl (C=S) groups is 1. The highest BCUT2D eigenvalue weighted by Crippen LogP contribution is 2.14. The molecule has 1 atom stereocenters. The molecule has 2 N–H and O–H groups in total. The first-order valence-electron chi connectivity index (χ1n) is 5.84. The van der Waals surface area contributed by atoms with Gasteiger partial charge in [0, 0.05) is 18.8 Å². The summed E-state index contributed by atoms with van der Waals surface area (Å²) >= 11 is 4.95. The first kappa shape index (κ1) is 13.8. The van der Waals surface area contributed by atoms with E-state index in [4.69, 9.17) is 18.0 Å². The molecule has 0 spiro atoms. The highest BCUT2D eigenvalue weighted by atomic mass is 32.1. The molecule has 0 aromatic carbocycles. The molecule has 0 radical (unpaired) electrons. The Bertz CT molecular complexity index is 405. The van der Waals surface area contributed by atoms with Crippen LogP contribution in [0.5, 0.6) is 0 Å². The Morgan fingerprint density at radius 2 is 2.18 bits per heavy atom. The number of nitrogens with zero attached hydrogens (tertiary/aromatic N) is 3. The smallest absolute Gasteiger partial charge is 0.226 e. The van der Waals surface area contributed by atoms with E-state index < -0.39 is 0 Å². The van der Waals surface area contributed by atoms with Gasteiger partial charge < -0.3 is 10.6 Å². The van der Waals surface area contributed by atoms with Crippen LogP contribution >= 0.6 is 12.2 Å². The number of anilines is 1. The van der Waals surface area contributed by atoms with E-state index in [1.807, 2.05) is 20.0 Å². The van der Waals surface area contributed by atoms with Gasteiger partial charge >= 0.3 is 0 Å². The van der Waals surface area contributed by atoms with E-state index in [9.17, 15) is 0 Å². The number of rotatable bonds is 5. The van der Waals surface area contributed by atoms with Gasteiger partial charge in [0.15, 0.2) is 0 Å². The molecule has 4 nitrogen and oxygen atoms in total. The third kappa shape index (κ3) is 3.63. The van der Waals surface area contributed by atoms with E-state index in [2.05, 4.69) is 28.7 Å². The molecule has 5 heteroatoms. The van der Waals surface area contributed by atoms with Gasteiger partial charge in [-0.15, -0.1) is 0 Å². The Balaban J connectivity index is 3.01. The van der Waals surface area contributed by atoms with E-state index in [1.54, 1.807) is 0 Å². The van der Waals surface area contributed by atoms with E-state index in [0.717, 1.165) is 18.5 Å². The molecule has 1 heterocycles. The average molecular weight is 252 g/mol. The lowest BCUT2D eigenvalue weighted by atomic mass is 10.2. The summed E-state index contributed by atoms with van der Waals surface area (Å²) in [6, 6.07) is 2.21. The maximum Gasteiger partial charge on any atom is 0.226 e. The molecular weight excluding hydrogens is 232 g/mol. The number of aryl methyl sites for hydroxylation is 1. The average Bonchev–Trinajstić information content (AvgIpc) is 2.27. The van der Waals surface area contributed by atoms with Crippen molar-refractivity contribution in [2.75, 3.05) is 11.9 Å². The summed E-state index contributed by atoms with van der Waals surface area (Å²) in [7, 11) is 2.00. The number of aromatic nitrogens is 2. The number of hydrogen-bond donors (Lipinski definition) is 1. The standard InChI is InChI=1S/C12H20N4S/c1-5-6-9(3)16(4)12-14-8(2)7-10(15-12)11(13)17/h7,9H,5-6H2,1-4H3,(H2,13,17). The predicted molar refractivity (Wildman–Crippen MR) is 75.4 cm³/mol. The SMILES string of the molecule is CCCC(C)N(C)c1nc(C)cc(C(N)=S)n1. The minimum Gasteiger partial charge on any atom is -0.388 e. The van der Waals surface area contributed by atoms with Crippen molar-refractivity contribution in [3.05, 3.63) is 17.5 Å². The van der Waals surface area contributed by atoms with Crippen molar-refractivity contribution in [3.8, 4) is 0 Å². The van der Waals surface area contributed by atoms with Crippen LogP contribution in [0.15, 0.2) is 6.07 Å². The fourth-order valence-corrected chi connectivity index (χ4v) is 1.75. The van der Waals surface area contributed by atoms with Crippen LogP contribution in [-0.4, -0.2) is 28.0 Å². The van der Waals surface area contributed by atoms with Crippen molar-refractivity contribution >= 4 is 23.2 Å². The summed E-state index contributed by atoms with van der Waals surface area (Å²) in [6.45, 7) is 6.25. The van der Waals surface area contributed by atoms with Crippen molar-refractivity contribution in [1.29, 1.82) is 0 Å². The lowest BCUT2D eigenvalue weighted by molar-refractivity contribution is 0.604. The summed E-state index contributed by atoms with van der Waals surface area (Å²) in [5.74, 6) is 0.689. The maximum atomic E-state index is 5.61. The van der Waals surface area contributed by atoms with Gasteiger partial charge in [-0.3, -0.25) is 0 Å². The van der Waals surface area contributed by atoms with E-state index in [1.165, 1.54) is 0 Å². The largest absolute Gasteiger partial charge is 0.388 e. The molecule has 0 aliphatic heterocycles. The quantitative estimate of drug-likeness (QED) is 0.813. The van der Waals surface area contributed by atoms with Crippen LogP contribution < -0.4 is 10.6 Å². The van der Waals surface area contributed by atoms with E-state index >= 15 is 0 Å². The van der Waals surface area contributed by atoms with Crippen molar-refractivity contribution in [1.82, 2.24) is 9.97 Å². The fourth-order valence-electron chi connectivity index (χ4n) is 1.65. The van der Waals surface area contributed by atoms with Crippen molar-refractivity contribution in [2.45, 2.75) is 39.7 Å². The van der Waals surface area contributed by atoms with Gasteiger partial charge in [-0.25, -0.2) is 9.97 Å². The number of hydrogen-bond acceptors (Lipinski definition) is 4. The molecule has 0 amide bonds. The molecule has 1 rings (SSSR count). The molecule has 1 unspecified atom stereocenters. The maximum absolute atomic E-state index is 5.61. The van der Waals surface area contributed by atoms with Crippen LogP contribution in [0.4, 0.5) is 5.95 Å². The second-order valence-electron chi connectivity index (χ2n) is 4.31. The number of nitrogens with two attached hydrogens (primary N) is 1. The molecule has 0 bridgehead atoms. The molecular formula is C12H20N4S. The summed E-state index contributed by atoms with van der Waals surface area (Å²) in [5, 5.41) is 0. The zero-order valence-electron chi connectivity index (χ0n) is 10.9. The van der Waals surface area contributed by atoms with Crippen LogP contribution in [0, 0.1) is 6.92 Å². The second kappa shape index (κ2) is 5.91. The van der Waals surface area contributed by atoms with E-state index in [-0.39, 0.29) is 0 Å². The van der Waals surface area contributed by atoms with Gasteiger partial charge in [-0.2, -0.15) is 0 Å². The monoisotopic (exact) mass is 252 g/mol. The molecule has 0 saturated heterocycles. The van der Waals surface area contributed by atoms with Crippen molar-refractivity contribution < 1.29 is 0 Å². The normalized spacial score (nSPS) is 12.2. The van der Waals surface area contributed by atoms with Crippen molar-refractivity contribution in [2.24, 2.45) is 5.73 Å². The van der Waals surface area contributed by atoms with Gasteiger partial charge in [0.1, 0.15) is 10.7 Å². The Labute approximate surface area is 108 Å². The summed E-state index contributed by atoms with van der Waals surface area (Å²) in [4.78, 5) is 11.2. The second-order valence-corrected chi connectivity index (χ2v) is 4.75. The molecule has 1 aromatic rings. The highest BCUT2D eigenvalue weighted by molar-refractivity contribution is 7.80. The molecule has 0 fully saturated rings. The van der Waals surface area contributed by atoms with Crippen LogP contribution in [0.25, 0.3) is 0 Å². The molecule has 0 aliphatic rings. The van der Waals surface area contributed by atoms with Crippen molar-refractivity contribution in [3.63, 3.8) is 0 Å². The van der Waals surface area contributed by atoms with Gasteiger partial charge in [0.05, 0.1) is 0 Å². The zero-order valence-corrected chi connectivity index (χ0v) is 11.7. The minimum atomic E-state index is 0.313. The van der Waals surface area contributed by atoms with E-state index in [0.29, 0.717) is 22.7 Å². The molecule has 94 valence electrons. The van der Waals surface area contributed by atoms with Crippen LogP contribution in [-0.2, 0) is 0 Å². The van der Waals surface area contributed by atoms with Gasteiger partial charge in [0.2, 0.25) is 5.95 Å². The van der Waals surface area contributed by atoms with Gasteiger partial charge in [-0.1, -0.05) is 25.6 Å². The predicted octanol–water partition coefficient (Wildman–Crippen LogP) is 2.04. The Morgan fingerprint density at radius 1 is 1.53 bits per heavy atom.